The lowest BCUT2D eigenvalue weighted by atomic mass is 9.90. The van der Waals surface area contributed by atoms with Gasteiger partial charge in [-0.15, -0.1) is 0 Å². The molecule has 1 aliphatic heterocycles. The Kier molecular flexibility index (Phi) is 4.47. The monoisotopic (exact) mass is 320 g/mol. The van der Waals surface area contributed by atoms with Gasteiger partial charge in [0.05, 0.1) is 13.6 Å². The molecular formula is C17H24O4Si. The average Bonchev–Trinajstić information content (AvgIpc) is 2.74. The van der Waals surface area contributed by atoms with Gasteiger partial charge in [-0.1, -0.05) is 69.4 Å². The average molecular weight is 320 g/mol. The van der Waals surface area contributed by atoms with Crippen LogP contribution >= 0.6 is 0 Å². The summed E-state index contributed by atoms with van der Waals surface area (Å²) in [6.07, 6.45) is -0.803. The molecule has 1 aliphatic rings. The molecule has 0 unspecified atom stereocenters. The molecule has 2 atom stereocenters. The molecule has 120 valence electrons. The first kappa shape index (κ1) is 16.7. The first-order valence-electron chi connectivity index (χ1n) is 7.59. The largest absolute Gasteiger partial charge is 0.462 e. The first-order chi connectivity index (χ1) is 10.2. The lowest BCUT2D eigenvalue weighted by Crippen LogP contribution is -2.49. The van der Waals surface area contributed by atoms with E-state index in [9.17, 15) is 9.59 Å². The third kappa shape index (κ3) is 3.09. The Morgan fingerprint density at radius 3 is 2.41 bits per heavy atom. The van der Waals surface area contributed by atoms with E-state index in [0.29, 0.717) is 0 Å². The van der Waals surface area contributed by atoms with Gasteiger partial charge in [0.25, 0.3) is 0 Å². The second-order valence-electron chi connectivity index (χ2n) is 7.22. The maximum atomic E-state index is 12.6. The number of carbonyl (C=O) groups is 2. The summed E-state index contributed by atoms with van der Waals surface area (Å²) in [5, 5.41) is 1.20. The Balaban J connectivity index is 2.14. The fraction of sp³-hybridized carbons (Fsp3) is 0.529. The van der Waals surface area contributed by atoms with E-state index in [2.05, 4.69) is 25.2 Å². The lowest BCUT2D eigenvalue weighted by molar-refractivity contribution is -0.162. The summed E-state index contributed by atoms with van der Waals surface area (Å²) < 4.78 is 10.6. The Morgan fingerprint density at radius 2 is 1.91 bits per heavy atom. The normalized spacial score (nSPS) is 22.0. The van der Waals surface area contributed by atoms with E-state index in [1.807, 2.05) is 39.0 Å². The van der Waals surface area contributed by atoms with Gasteiger partial charge in [-0.25, -0.2) is 4.79 Å². The second kappa shape index (κ2) is 5.87. The molecule has 0 amide bonds. The molecule has 5 heteroatoms. The van der Waals surface area contributed by atoms with Gasteiger partial charge in [-0.05, 0) is 0 Å². The molecule has 1 aromatic rings. The van der Waals surface area contributed by atoms with Crippen molar-refractivity contribution in [3.05, 3.63) is 30.3 Å². The summed E-state index contributed by atoms with van der Waals surface area (Å²) >= 11 is 0. The number of ether oxygens (including phenoxy) is 2. The molecule has 22 heavy (non-hydrogen) atoms. The highest BCUT2D eigenvalue weighted by Gasteiger charge is 2.48. The zero-order valence-corrected chi connectivity index (χ0v) is 14.9. The molecule has 0 N–H and O–H groups in total. The van der Waals surface area contributed by atoms with Crippen molar-refractivity contribution in [3.8, 4) is 0 Å². The van der Waals surface area contributed by atoms with E-state index in [4.69, 9.17) is 9.47 Å². The standard InChI is InChI=1S/C17H24O4Si/c1-12(22(4,5)13-9-7-6-8-10-13)15(18)21-14-16(19)20-11-17(14,2)3/h6-10,12,14H,11H2,1-5H3/t12-,14-/m0/s1. The van der Waals surface area contributed by atoms with Crippen molar-refractivity contribution in [3.63, 3.8) is 0 Å². The topological polar surface area (TPSA) is 52.6 Å². The Bertz CT molecular complexity index is 565. The Morgan fingerprint density at radius 1 is 1.32 bits per heavy atom. The van der Waals surface area contributed by atoms with Crippen LogP contribution in [0.5, 0.6) is 0 Å². The van der Waals surface area contributed by atoms with Crippen molar-refractivity contribution in [2.24, 2.45) is 5.41 Å². The lowest BCUT2D eigenvalue weighted by Gasteiger charge is -2.30. The van der Waals surface area contributed by atoms with Crippen LogP contribution in [-0.2, 0) is 19.1 Å². The number of benzene rings is 1. The van der Waals surface area contributed by atoms with Crippen molar-refractivity contribution < 1.29 is 19.1 Å². The Hall–Kier alpha value is -1.62. The maximum absolute atomic E-state index is 12.6. The molecule has 4 nitrogen and oxygen atoms in total. The number of rotatable bonds is 4. The summed E-state index contributed by atoms with van der Waals surface area (Å²) in [5.41, 5.74) is -0.704. The molecule has 0 spiro atoms. The van der Waals surface area contributed by atoms with Crippen LogP contribution < -0.4 is 5.19 Å². The van der Waals surface area contributed by atoms with Crippen molar-refractivity contribution in [2.75, 3.05) is 6.61 Å². The minimum Gasteiger partial charge on any atom is -0.462 e. The second-order valence-corrected chi connectivity index (χ2v) is 12.1. The van der Waals surface area contributed by atoms with E-state index >= 15 is 0 Å². The van der Waals surface area contributed by atoms with E-state index < -0.39 is 25.6 Å². The number of esters is 2. The third-order valence-corrected chi connectivity index (χ3v) is 8.92. The van der Waals surface area contributed by atoms with Crippen LogP contribution in [0.2, 0.25) is 18.6 Å². The SMILES string of the molecule is C[C@@H](C(=O)O[C@H]1C(=O)OCC1(C)C)[Si](C)(C)c1ccccc1. The molecular weight excluding hydrogens is 296 g/mol. The zero-order valence-electron chi connectivity index (χ0n) is 13.9. The minimum atomic E-state index is -2.01. The number of carbonyl (C=O) groups excluding carboxylic acids is 2. The minimum absolute atomic E-state index is 0.237. The fourth-order valence-electron chi connectivity index (χ4n) is 2.57. The van der Waals surface area contributed by atoms with Crippen LogP contribution in [0, 0.1) is 5.41 Å². The van der Waals surface area contributed by atoms with Gasteiger partial charge < -0.3 is 9.47 Å². The molecule has 0 radical (unpaired) electrons. The van der Waals surface area contributed by atoms with Crippen LogP contribution in [0.25, 0.3) is 0 Å². The molecule has 0 aliphatic carbocycles. The van der Waals surface area contributed by atoms with Crippen LogP contribution in [0.4, 0.5) is 0 Å². The predicted molar refractivity (Wildman–Crippen MR) is 87.6 cm³/mol. The molecule has 0 bridgehead atoms. The molecule has 1 saturated heterocycles. The van der Waals surface area contributed by atoms with Crippen molar-refractivity contribution in [1.29, 1.82) is 0 Å². The van der Waals surface area contributed by atoms with Gasteiger partial charge in [0.1, 0.15) is 6.61 Å². The molecule has 0 aromatic heterocycles. The van der Waals surface area contributed by atoms with Crippen molar-refractivity contribution in [1.82, 2.24) is 0 Å². The zero-order chi connectivity index (χ0) is 16.5. The van der Waals surface area contributed by atoms with Gasteiger partial charge in [0.2, 0.25) is 6.10 Å². The number of hydrogen-bond donors (Lipinski definition) is 0. The third-order valence-electron chi connectivity index (χ3n) is 4.70. The van der Waals surface area contributed by atoms with Gasteiger partial charge >= 0.3 is 11.9 Å². The molecule has 1 aromatic carbocycles. The van der Waals surface area contributed by atoms with E-state index in [-0.39, 0.29) is 18.1 Å². The highest BCUT2D eigenvalue weighted by atomic mass is 28.3. The van der Waals surface area contributed by atoms with Gasteiger partial charge in [-0.2, -0.15) is 0 Å². The fourth-order valence-corrected chi connectivity index (χ4v) is 4.77. The number of cyclic esters (lactones) is 1. The quantitative estimate of drug-likeness (QED) is 0.632. The molecule has 1 fully saturated rings. The smallest absolute Gasteiger partial charge is 0.348 e. The summed E-state index contributed by atoms with van der Waals surface area (Å²) in [7, 11) is -2.01. The van der Waals surface area contributed by atoms with Gasteiger partial charge in [0, 0.05) is 5.41 Å². The molecule has 1 heterocycles. The van der Waals surface area contributed by atoms with Gasteiger partial charge in [-0.3, -0.25) is 4.79 Å². The van der Waals surface area contributed by atoms with Crippen LogP contribution in [0.3, 0.4) is 0 Å². The van der Waals surface area contributed by atoms with Crippen LogP contribution in [0.1, 0.15) is 20.8 Å². The summed E-state index contributed by atoms with van der Waals surface area (Å²) in [4.78, 5) is 24.3. The van der Waals surface area contributed by atoms with E-state index in [1.54, 1.807) is 0 Å². The van der Waals surface area contributed by atoms with Crippen molar-refractivity contribution in [2.45, 2.75) is 45.5 Å². The molecule has 0 saturated carbocycles. The van der Waals surface area contributed by atoms with Crippen molar-refractivity contribution >= 4 is 25.2 Å². The summed E-state index contributed by atoms with van der Waals surface area (Å²) in [6.45, 7) is 10.2. The number of hydrogen-bond acceptors (Lipinski definition) is 4. The first-order valence-corrected chi connectivity index (χ1v) is 10.7. The predicted octanol–water partition coefficient (Wildman–Crippen LogP) is 2.49. The van der Waals surface area contributed by atoms with Crippen LogP contribution in [0.15, 0.2) is 30.3 Å². The van der Waals surface area contributed by atoms with E-state index in [1.165, 1.54) is 5.19 Å². The van der Waals surface area contributed by atoms with Crippen LogP contribution in [-0.4, -0.2) is 32.7 Å². The van der Waals surface area contributed by atoms with E-state index in [0.717, 1.165) is 0 Å². The Labute approximate surface area is 132 Å². The summed E-state index contributed by atoms with van der Waals surface area (Å²) in [6, 6.07) is 10.1. The highest BCUT2D eigenvalue weighted by Crippen LogP contribution is 2.33. The summed E-state index contributed by atoms with van der Waals surface area (Å²) in [5.74, 6) is -0.748. The molecule has 2 rings (SSSR count). The van der Waals surface area contributed by atoms with Gasteiger partial charge in [0.15, 0.2) is 0 Å². The maximum Gasteiger partial charge on any atom is 0.348 e. The highest BCUT2D eigenvalue weighted by molar-refractivity contribution is 6.93.